The van der Waals surface area contributed by atoms with Crippen LogP contribution in [0, 0.1) is 11.8 Å². The summed E-state index contributed by atoms with van der Waals surface area (Å²) in [4.78, 5) is 4.45. The highest BCUT2D eigenvalue weighted by molar-refractivity contribution is 6.30. The van der Waals surface area contributed by atoms with Gasteiger partial charge in [-0.3, -0.25) is 0 Å². The van der Waals surface area contributed by atoms with Gasteiger partial charge in [0.2, 0.25) is 0 Å². The maximum absolute atomic E-state index is 9.65. The highest BCUT2D eigenvalue weighted by atomic mass is 35.5. The topological polar surface area (TPSA) is 54.4 Å². The minimum absolute atomic E-state index is 0.107. The lowest BCUT2D eigenvalue weighted by atomic mass is 9.99. The Hall–Kier alpha value is -2.84. The Labute approximate surface area is 194 Å². The van der Waals surface area contributed by atoms with Gasteiger partial charge in [0, 0.05) is 34.4 Å². The van der Waals surface area contributed by atoms with Crippen molar-refractivity contribution in [3.8, 4) is 28.7 Å². The van der Waals surface area contributed by atoms with Crippen LogP contribution in [0.15, 0.2) is 66.9 Å². The van der Waals surface area contributed by atoms with Gasteiger partial charge in [-0.05, 0) is 66.8 Å². The Morgan fingerprint density at radius 3 is 2.31 bits per heavy atom. The van der Waals surface area contributed by atoms with E-state index in [1.165, 1.54) is 12.8 Å². The van der Waals surface area contributed by atoms with E-state index in [9.17, 15) is 5.11 Å². The third-order valence-electron chi connectivity index (χ3n) is 5.86. The summed E-state index contributed by atoms with van der Waals surface area (Å²) in [7, 11) is 0. The Morgan fingerprint density at radius 2 is 1.66 bits per heavy atom. The molecule has 5 heteroatoms. The summed E-state index contributed by atoms with van der Waals surface area (Å²) in [6, 6.07) is 19.4. The Kier molecular flexibility index (Phi) is 7.44. The second-order valence-corrected chi connectivity index (χ2v) is 8.57. The van der Waals surface area contributed by atoms with Crippen LogP contribution in [-0.2, 0) is 0 Å². The molecule has 3 aromatic rings. The van der Waals surface area contributed by atoms with Crippen molar-refractivity contribution in [2.45, 2.75) is 31.2 Å². The van der Waals surface area contributed by atoms with E-state index in [2.05, 4.69) is 22.1 Å². The molecular formula is C27H27ClN2O2. The summed E-state index contributed by atoms with van der Waals surface area (Å²) in [5, 5.41) is 13.8. The van der Waals surface area contributed by atoms with Crippen molar-refractivity contribution in [3.05, 3.63) is 83.1 Å². The van der Waals surface area contributed by atoms with Gasteiger partial charge in [0.05, 0.1) is 6.61 Å². The van der Waals surface area contributed by atoms with Crippen LogP contribution in [0.3, 0.4) is 0 Å². The summed E-state index contributed by atoms with van der Waals surface area (Å²) in [5.41, 5.74) is 3.62. The molecule has 0 saturated heterocycles. The van der Waals surface area contributed by atoms with Gasteiger partial charge in [0.25, 0.3) is 0 Å². The first-order valence-electron chi connectivity index (χ1n) is 11.0. The number of benzene rings is 2. The molecule has 1 aromatic heterocycles. The van der Waals surface area contributed by atoms with Gasteiger partial charge in [-0.25, -0.2) is 4.98 Å². The Bertz CT molecular complexity index is 1060. The molecule has 1 aliphatic carbocycles. The second kappa shape index (κ2) is 10.7. The fourth-order valence-electron chi connectivity index (χ4n) is 3.98. The van der Waals surface area contributed by atoms with E-state index in [4.69, 9.17) is 16.3 Å². The monoisotopic (exact) mass is 446 g/mol. The molecule has 1 heterocycles. The maximum Gasteiger partial charge on any atom is 0.119 e. The maximum atomic E-state index is 9.65. The average molecular weight is 447 g/mol. The largest absolute Gasteiger partial charge is 0.492 e. The van der Waals surface area contributed by atoms with E-state index in [1.54, 1.807) is 0 Å². The van der Waals surface area contributed by atoms with Crippen molar-refractivity contribution < 1.29 is 9.84 Å². The van der Waals surface area contributed by atoms with Gasteiger partial charge in [0.1, 0.15) is 18.1 Å². The number of nitrogens with zero attached hydrogens (tertiary/aromatic N) is 1. The van der Waals surface area contributed by atoms with Gasteiger partial charge in [0.15, 0.2) is 0 Å². The lowest BCUT2D eigenvalue weighted by Crippen LogP contribution is -2.47. The molecule has 1 aliphatic rings. The molecule has 164 valence electrons. The molecule has 0 unspecified atom stereocenters. The molecule has 1 saturated carbocycles. The molecule has 1 fully saturated rings. The zero-order chi connectivity index (χ0) is 22.2. The molecule has 2 N–H and O–H groups in total. The molecule has 0 atom stereocenters. The first-order valence-corrected chi connectivity index (χ1v) is 11.4. The third-order valence-corrected chi connectivity index (χ3v) is 6.12. The van der Waals surface area contributed by atoms with Crippen LogP contribution < -0.4 is 10.1 Å². The van der Waals surface area contributed by atoms with Crippen LogP contribution in [0.5, 0.6) is 5.75 Å². The lowest BCUT2D eigenvalue weighted by molar-refractivity contribution is 0.157. The molecule has 0 amide bonds. The zero-order valence-electron chi connectivity index (χ0n) is 18.0. The summed E-state index contributed by atoms with van der Waals surface area (Å²) >= 11 is 5.95. The summed E-state index contributed by atoms with van der Waals surface area (Å²) in [5.74, 6) is 7.06. The van der Waals surface area contributed by atoms with Crippen LogP contribution in [0.1, 0.15) is 36.9 Å². The van der Waals surface area contributed by atoms with E-state index in [-0.39, 0.29) is 12.1 Å². The molecule has 0 bridgehead atoms. The fourth-order valence-corrected chi connectivity index (χ4v) is 4.11. The number of nitrogens with one attached hydrogen (secondary N) is 1. The minimum Gasteiger partial charge on any atom is -0.492 e. The predicted octanol–water partition coefficient (Wildman–Crippen LogP) is 5.08. The first-order chi connectivity index (χ1) is 15.7. The van der Waals surface area contributed by atoms with E-state index >= 15 is 0 Å². The number of hydrogen-bond donors (Lipinski definition) is 2. The van der Waals surface area contributed by atoms with Crippen LogP contribution in [0.2, 0.25) is 5.02 Å². The number of aromatic nitrogens is 1. The number of ether oxygens (including phenoxy) is 1. The number of hydrogen-bond acceptors (Lipinski definition) is 4. The SMILES string of the molecule is OCC1(NCCOc2ccc(C#Cc3ccc(-c4ccc(Cl)cc4)cn3)cc2)CCCC1. The van der Waals surface area contributed by atoms with Gasteiger partial charge < -0.3 is 15.2 Å². The lowest BCUT2D eigenvalue weighted by Gasteiger charge is -2.28. The highest BCUT2D eigenvalue weighted by Crippen LogP contribution is 2.28. The number of pyridine rings is 1. The van der Waals surface area contributed by atoms with Crippen molar-refractivity contribution in [2.75, 3.05) is 19.8 Å². The third kappa shape index (κ3) is 5.89. The first kappa shape index (κ1) is 22.4. The van der Waals surface area contributed by atoms with Crippen molar-refractivity contribution in [1.82, 2.24) is 10.3 Å². The van der Waals surface area contributed by atoms with Gasteiger partial charge in [-0.1, -0.05) is 48.6 Å². The fraction of sp³-hybridized carbons (Fsp3) is 0.296. The van der Waals surface area contributed by atoms with E-state index in [1.807, 2.05) is 66.9 Å². The Balaban J connectivity index is 1.28. The standard InChI is InChI=1S/C27H27ClN2O2/c28-24-9-6-22(7-10-24)23-8-12-25(29-19-23)11-3-21-4-13-26(14-5-21)32-18-17-30-27(20-31)15-1-2-16-27/h4-10,12-14,19,30-31H,1-2,15-18,20H2. The van der Waals surface area contributed by atoms with E-state index < -0.39 is 0 Å². The van der Waals surface area contributed by atoms with Gasteiger partial charge in [-0.15, -0.1) is 0 Å². The van der Waals surface area contributed by atoms with Crippen LogP contribution in [-0.4, -0.2) is 35.4 Å². The number of rotatable bonds is 7. The molecule has 32 heavy (non-hydrogen) atoms. The smallest absolute Gasteiger partial charge is 0.119 e. The summed E-state index contributed by atoms with van der Waals surface area (Å²) < 4.78 is 5.82. The average Bonchev–Trinajstić information content (AvgIpc) is 3.32. The van der Waals surface area contributed by atoms with Crippen LogP contribution in [0.4, 0.5) is 0 Å². The van der Waals surface area contributed by atoms with Crippen molar-refractivity contribution >= 4 is 11.6 Å². The summed E-state index contributed by atoms with van der Waals surface area (Å²) in [6.45, 7) is 1.48. The second-order valence-electron chi connectivity index (χ2n) is 8.13. The van der Waals surface area contributed by atoms with Crippen molar-refractivity contribution in [3.63, 3.8) is 0 Å². The Morgan fingerprint density at radius 1 is 0.938 bits per heavy atom. The number of aliphatic hydroxyl groups is 1. The molecule has 0 spiro atoms. The molecule has 4 rings (SSSR count). The number of halogens is 1. The van der Waals surface area contributed by atoms with Gasteiger partial charge >= 0.3 is 0 Å². The van der Waals surface area contributed by atoms with E-state index in [0.717, 1.165) is 52.5 Å². The summed E-state index contributed by atoms with van der Waals surface area (Å²) in [6.07, 6.45) is 6.26. The molecule has 0 aliphatic heterocycles. The molecule has 0 radical (unpaired) electrons. The predicted molar refractivity (Wildman–Crippen MR) is 129 cm³/mol. The molecular weight excluding hydrogens is 420 g/mol. The van der Waals surface area contributed by atoms with Crippen LogP contribution in [0.25, 0.3) is 11.1 Å². The van der Waals surface area contributed by atoms with E-state index in [0.29, 0.717) is 6.61 Å². The quantitative estimate of drug-likeness (QED) is 0.392. The number of aliphatic hydroxyl groups excluding tert-OH is 1. The van der Waals surface area contributed by atoms with Crippen LogP contribution >= 0.6 is 11.6 Å². The van der Waals surface area contributed by atoms with Crippen molar-refractivity contribution in [1.29, 1.82) is 0 Å². The highest BCUT2D eigenvalue weighted by Gasteiger charge is 2.32. The molecule has 2 aromatic carbocycles. The van der Waals surface area contributed by atoms with Gasteiger partial charge in [-0.2, -0.15) is 0 Å². The normalized spacial score (nSPS) is 14.6. The molecule has 4 nitrogen and oxygen atoms in total. The van der Waals surface area contributed by atoms with Crippen molar-refractivity contribution in [2.24, 2.45) is 0 Å². The zero-order valence-corrected chi connectivity index (χ0v) is 18.7. The minimum atomic E-state index is -0.107.